The van der Waals surface area contributed by atoms with Crippen molar-refractivity contribution < 1.29 is 9.53 Å². The van der Waals surface area contributed by atoms with Gasteiger partial charge in [0.05, 0.1) is 0 Å². The molecule has 2 atom stereocenters. The number of carbonyl (C=O) groups excluding carboxylic acids is 1. The van der Waals surface area contributed by atoms with Crippen molar-refractivity contribution in [2.45, 2.75) is 52.1 Å². The fraction of sp³-hybridized carbons (Fsp3) is 0.786. The second-order valence-electron chi connectivity index (χ2n) is 5.70. The molecule has 0 N–H and O–H groups in total. The summed E-state index contributed by atoms with van der Waals surface area (Å²) >= 11 is 0. The average Bonchev–Trinajstić information content (AvgIpc) is 2.47. The first-order valence-corrected chi connectivity index (χ1v) is 6.39. The van der Waals surface area contributed by atoms with E-state index in [4.69, 9.17) is 4.74 Å². The Hall–Kier alpha value is -0.630. The summed E-state index contributed by atoms with van der Waals surface area (Å²) in [6.45, 7) is 7.18. The van der Waals surface area contributed by atoms with Gasteiger partial charge in [0, 0.05) is 12.0 Å². The molecule has 1 aliphatic carbocycles. The molecular weight excluding hydrogens is 200 g/mol. The van der Waals surface area contributed by atoms with E-state index in [-0.39, 0.29) is 11.2 Å². The highest BCUT2D eigenvalue weighted by atomic mass is 16.5. The summed E-state index contributed by atoms with van der Waals surface area (Å²) in [4.78, 5) is 12.1. The molecule has 2 nitrogen and oxygen atoms in total. The minimum Gasteiger partial charge on any atom is -0.366 e. The van der Waals surface area contributed by atoms with Crippen LogP contribution in [0.2, 0.25) is 0 Å². The quantitative estimate of drug-likeness (QED) is 0.681. The standard InChI is InChI=1S/C14H22O2/c1-4-11-5-9-14(16-10-7-11)12(15)6-8-13(14,2)3/h6,8,11H,4-5,7,9-10H2,1-3H3/t11?,14-/m0/s1. The van der Waals surface area contributed by atoms with Crippen LogP contribution in [0.15, 0.2) is 12.2 Å². The molecule has 2 rings (SSSR count). The number of carbonyl (C=O) groups is 1. The lowest BCUT2D eigenvalue weighted by Gasteiger charge is -2.38. The Kier molecular flexibility index (Phi) is 2.95. The van der Waals surface area contributed by atoms with Gasteiger partial charge >= 0.3 is 0 Å². The van der Waals surface area contributed by atoms with Gasteiger partial charge in [0.1, 0.15) is 5.60 Å². The number of hydrogen-bond donors (Lipinski definition) is 0. The highest BCUT2D eigenvalue weighted by molar-refractivity contribution is 6.00. The van der Waals surface area contributed by atoms with Crippen molar-refractivity contribution in [3.05, 3.63) is 12.2 Å². The Bertz CT molecular complexity index is 317. The maximum absolute atomic E-state index is 12.1. The lowest BCUT2D eigenvalue weighted by atomic mass is 9.73. The Balaban J connectivity index is 2.22. The molecule has 0 bridgehead atoms. The molecule has 0 saturated carbocycles. The lowest BCUT2D eigenvalue weighted by molar-refractivity contribution is -0.150. The summed E-state index contributed by atoms with van der Waals surface area (Å²) in [5.74, 6) is 0.901. The van der Waals surface area contributed by atoms with Gasteiger partial charge in [-0.15, -0.1) is 0 Å². The molecule has 0 aromatic heterocycles. The van der Waals surface area contributed by atoms with E-state index in [9.17, 15) is 4.79 Å². The van der Waals surface area contributed by atoms with Gasteiger partial charge in [-0.1, -0.05) is 33.3 Å². The summed E-state index contributed by atoms with van der Waals surface area (Å²) in [5.41, 5.74) is -0.705. The van der Waals surface area contributed by atoms with Gasteiger partial charge in [-0.25, -0.2) is 0 Å². The molecule has 0 radical (unpaired) electrons. The highest BCUT2D eigenvalue weighted by Crippen LogP contribution is 2.47. The molecule has 2 aliphatic rings. The summed E-state index contributed by atoms with van der Waals surface area (Å²) < 4.78 is 6.00. The molecule has 0 aromatic rings. The van der Waals surface area contributed by atoms with Gasteiger partial charge in [0.2, 0.25) is 0 Å². The smallest absolute Gasteiger partial charge is 0.188 e. The largest absolute Gasteiger partial charge is 0.366 e. The van der Waals surface area contributed by atoms with Crippen LogP contribution in [-0.4, -0.2) is 18.0 Å². The van der Waals surface area contributed by atoms with E-state index in [0.29, 0.717) is 0 Å². The van der Waals surface area contributed by atoms with Crippen molar-refractivity contribution in [1.29, 1.82) is 0 Å². The van der Waals surface area contributed by atoms with Crippen LogP contribution in [0.5, 0.6) is 0 Å². The highest BCUT2D eigenvalue weighted by Gasteiger charge is 2.53. The average molecular weight is 222 g/mol. The van der Waals surface area contributed by atoms with Crippen LogP contribution in [-0.2, 0) is 9.53 Å². The minimum atomic E-state index is -0.559. The summed E-state index contributed by atoms with van der Waals surface area (Å²) in [6, 6.07) is 0. The Morgan fingerprint density at radius 3 is 2.75 bits per heavy atom. The van der Waals surface area contributed by atoms with Crippen molar-refractivity contribution in [2.75, 3.05) is 6.61 Å². The fourth-order valence-corrected chi connectivity index (χ4v) is 3.01. The number of rotatable bonds is 1. The van der Waals surface area contributed by atoms with Crippen molar-refractivity contribution in [3.63, 3.8) is 0 Å². The minimum absolute atomic E-state index is 0.146. The number of ether oxygens (including phenoxy) is 1. The third-order valence-electron chi connectivity index (χ3n) is 4.45. The molecule has 1 heterocycles. The first-order chi connectivity index (χ1) is 7.52. The molecule has 90 valence electrons. The second kappa shape index (κ2) is 3.99. The summed E-state index contributed by atoms with van der Waals surface area (Å²) in [7, 11) is 0. The molecule has 1 aliphatic heterocycles. The first kappa shape index (κ1) is 11.8. The van der Waals surface area contributed by atoms with Gasteiger partial charge in [-0.2, -0.15) is 0 Å². The van der Waals surface area contributed by atoms with Crippen LogP contribution in [0.3, 0.4) is 0 Å². The molecule has 0 aromatic carbocycles. The fourth-order valence-electron chi connectivity index (χ4n) is 3.01. The van der Waals surface area contributed by atoms with E-state index in [1.165, 1.54) is 6.42 Å². The van der Waals surface area contributed by atoms with E-state index in [1.54, 1.807) is 6.08 Å². The van der Waals surface area contributed by atoms with Gasteiger partial charge in [-0.05, 0) is 31.3 Å². The van der Waals surface area contributed by atoms with E-state index in [1.807, 2.05) is 6.08 Å². The monoisotopic (exact) mass is 222 g/mol. The zero-order valence-corrected chi connectivity index (χ0v) is 10.6. The van der Waals surface area contributed by atoms with Gasteiger partial charge < -0.3 is 4.74 Å². The van der Waals surface area contributed by atoms with E-state index >= 15 is 0 Å². The maximum Gasteiger partial charge on any atom is 0.188 e. The zero-order chi connectivity index (χ0) is 11.8. The first-order valence-electron chi connectivity index (χ1n) is 6.39. The van der Waals surface area contributed by atoms with Crippen LogP contribution < -0.4 is 0 Å². The predicted molar refractivity (Wildman–Crippen MR) is 64.2 cm³/mol. The summed E-state index contributed by atoms with van der Waals surface area (Å²) in [5, 5.41) is 0. The van der Waals surface area contributed by atoms with Crippen LogP contribution in [0, 0.1) is 11.3 Å². The Morgan fingerprint density at radius 1 is 1.44 bits per heavy atom. The van der Waals surface area contributed by atoms with Gasteiger partial charge in [0.25, 0.3) is 0 Å². The molecule has 1 unspecified atom stereocenters. The van der Waals surface area contributed by atoms with Crippen molar-refractivity contribution in [2.24, 2.45) is 11.3 Å². The third kappa shape index (κ3) is 1.64. The summed E-state index contributed by atoms with van der Waals surface area (Å²) in [6.07, 6.45) is 8.02. The topological polar surface area (TPSA) is 26.3 Å². The number of ketones is 1. The predicted octanol–water partition coefficient (Wildman–Crippen LogP) is 3.12. The van der Waals surface area contributed by atoms with Crippen molar-refractivity contribution >= 4 is 5.78 Å². The van der Waals surface area contributed by atoms with Crippen LogP contribution in [0.25, 0.3) is 0 Å². The van der Waals surface area contributed by atoms with E-state index in [0.717, 1.165) is 31.8 Å². The third-order valence-corrected chi connectivity index (χ3v) is 4.45. The number of hydrogen-bond acceptors (Lipinski definition) is 2. The molecule has 1 fully saturated rings. The van der Waals surface area contributed by atoms with Gasteiger partial charge in [-0.3, -0.25) is 4.79 Å². The van der Waals surface area contributed by atoms with E-state index in [2.05, 4.69) is 20.8 Å². The molecule has 1 spiro atoms. The Labute approximate surface area is 98.1 Å². The Morgan fingerprint density at radius 2 is 2.19 bits per heavy atom. The maximum atomic E-state index is 12.1. The normalized spacial score (nSPS) is 37.9. The zero-order valence-electron chi connectivity index (χ0n) is 10.6. The molecule has 16 heavy (non-hydrogen) atoms. The van der Waals surface area contributed by atoms with Gasteiger partial charge in [0.15, 0.2) is 5.78 Å². The molecular formula is C14H22O2. The van der Waals surface area contributed by atoms with E-state index < -0.39 is 5.60 Å². The molecule has 0 amide bonds. The molecule has 2 heteroatoms. The lowest BCUT2D eigenvalue weighted by Crippen LogP contribution is -2.48. The molecule has 1 saturated heterocycles. The SMILES string of the molecule is CCC1CCO[C@@]2(CC1)C(=O)C=CC2(C)C. The van der Waals surface area contributed by atoms with Crippen LogP contribution >= 0.6 is 0 Å². The second-order valence-corrected chi connectivity index (χ2v) is 5.70. The van der Waals surface area contributed by atoms with Crippen LogP contribution in [0.4, 0.5) is 0 Å². The van der Waals surface area contributed by atoms with Crippen molar-refractivity contribution in [3.8, 4) is 0 Å². The van der Waals surface area contributed by atoms with Crippen molar-refractivity contribution in [1.82, 2.24) is 0 Å². The van der Waals surface area contributed by atoms with Crippen LogP contribution in [0.1, 0.15) is 46.5 Å².